The Balaban J connectivity index is 2.08. The van der Waals surface area contributed by atoms with Crippen LogP contribution in [0.5, 0.6) is 0 Å². The number of benzene rings is 1. The Bertz CT molecular complexity index is 597. The van der Waals surface area contributed by atoms with Crippen LogP contribution in [0.2, 0.25) is 5.02 Å². The zero-order valence-electron chi connectivity index (χ0n) is 10.3. The van der Waals surface area contributed by atoms with E-state index < -0.39 is 24.1 Å². The third-order valence-corrected chi connectivity index (χ3v) is 3.18. The molecule has 1 aliphatic rings. The molecular weight excluding hydrogens is 284 g/mol. The summed E-state index contributed by atoms with van der Waals surface area (Å²) in [5.41, 5.74) is 0.558. The summed E-state index contributed by atoms with van der Waals surface area (Å²) in [6.07, 6.45) is -1.18. The highest BCUT2D eigenvalue weighted by molar-refractivity contribution is 6.31. The molecule has 20 heavy (non-hydrogen) atoms. The van der Waals surface area contributed by atoms with Gasteiger partial charge >= 0.3 is 5.97 Å². The smallest absolute Gasteiger partial charge is 0.332 e. The summed E-state index contributed by atoms with van der Waals surface area (Å²) < 4.78 is 5.13. The molecule has 0 saturated carbocycles. The first kappa shape index (κ1) is 14.3. The fourth-order valence-electron chi connectivity index (χ4n) is 1.94. The molecule has 104 valence electrons. The number of carboxylic acids is 1. The summed E-state index contributed by atoms with van der Waals surface area (Å²) >= 11 is 5.81. The van der Waals surface area contributed by atoms with Crippen LogP contribution in [0.3, 0.4) is 0 Å². The van der Waals surface area contributed by atoms with Gasteiger partial charge in [0.1, 0.15) is 12.2 Å². The van der Waals surface area contributed by atoms with Gasteiger partial charge in [0.2, 0.25) is 0 Å². The molecule has 2 atom stereocenters. The molecule has 7 heteroatoms. The van der Waals surface area contributed by atoms with Crippen molar-refractivity contribution in [2.45, 2.75) is 25.0 Å². The van der Waals surface area contributed by atoms with Gasteiger partial charge in [0.25, 0.3) is 5.91 Å². The van der Waals surface area contributed by atoms with Gasteiger partial charge in [-0.15, -0.1) is 0 Å². The number of carbonyl (C=O) groups excluding carboxylic acids is 1. The summed E-state index contributed by atoms with van der Waals surface area (Å²) in [6, 6.07) is 6.43. The van der Waals surface area contributed by atoms with Gasteiger partial charge in [0, 0.05) is 5.02 Å². The van der Waals surface area contributed by atoms with E-state index in [0.717, 1.165) is 0 Å². The largest absolute Gasteiger partial charge is 0.479 e. The number of nitriles is 1. The standard InChI is InChI=1S/C13H11ClN2O4/c14-8-2-1-7(6-15)9(5-8)16-12(17)10-3-4-11(20-10)13(18)19/h1-2,5,10-11H,3-4H2,(H,16,17)(H,18,19). The van der Waals surface area contributed by atoms with Crippen molar-refractivity contribution in [1.82, 2.24) is 0 Å². The molecular formula is C13H11ClN2O4. The number of nitrogens with one attached hydrogen (secondary N) is 1. The second kappa shape index (κ2) is 5.90. The molecule has 1 amide bonds. The van der Waals surface area contributed by atoms with Crippen LogP contribution in [0.1, 0.15) is 18.4 Å². The molecule has 1 saturated heterocycles. The molecule has 0 spiro atoms. The maximum Gasteiger partial charge on any atom is 0.332 e. The van der Waals surface area contributed by atoms with E-state index >= 15 is 0 Å². The Morgan fingerprint density at radius 2 is 2.10 bits per heavy atom. The first-order valence-electron chi connectivity index (χ1n) is 5.90. The predicted molar refractivity (Wildman–Crippen MR) is 70.3 cm³/mol. The maximum atomic E-state index is 12.0. The molecule has 2 unspecified atom stereocenters. The second-order valence-electron chi connectivity index (χ2n) is 4.32. The van der Waals surface area contributed by atoms with Crippen LogP contribution in [-0.2, 0) is 14.3 Å². The molecule has 0 radical (unpaired) electrons. The fourth-order valence-corrected chi connectivity index (χ4v) is 2.11. The van der Waals surface area contributed by atoms with Gasteiger partial charge in [-0.2, -0.15) is 5.26 Å². The number of hydrogen-bond donors (Lipinski definition) is 2. The fraction of sp³-hybridized carbons (Fsp3) is 0.308. The van der Waals surface area contributed by atoms with E-state index in [4.69, 9.17) is 26.7 Å². The minimum absolute atomic E-state index is 0.274. The summed E-state index contributed by atoms with van der Waals surface area (Å²) in [5, 5.41) is 20.7. The normalized spacial score (nSPS) is 21.2. The first-order valence-corrected chi connectivity index (χ1v) is 6.28. The van der Waals surface area contributed by atoms with Crippen molar-refractivity contribution in [1.29, 1.82) is 5.26 Å². The number of rotatable bonds is 3. The molecule has 1 aromatic rings. The molecule has 1 aliphatic heterocycles. The molecule has 0 aromatic heterocycles. The van der Waals surface area contributed by atoms with Crippen LogP contribution in [0, 0.1) is 11.3 Å². The molecule has 0 aliphatic carbocycles. The van der Waals surface area contributed by atoms with E-state index in [2.05, 4.69) is 5.32 Å². The van der Waals surface area contributed by atoms with E-state index in [-0.39, 0.29) is 17.7 Å². The van der Waals surface area contributed by atoms with Crippen LogP contribution >= 0.6 is 11.6 Å². The number of ether oxygens (including phenoxy) is 1. The first-order chi connectivity index (χ1) is 9.51. The van der Waals surface area contributed by atoms with E-state index in [9.17, 15) is 9.59 Å². The van der Waals surface area contributed by atoms with Crippen molar-refractivity contribution in [2.24, 2.45) is 0 Å². The van der Waals surface area contributed by atoms with Crippen LogP contribution in [0.4, 0.5) is 5.69 Å². The number of carboxylic acid groups (broad SMARTS) is 1. The Kier molecular flexibility index (Phi) is 4.23. The van der Waals surface area contributed by atoms with Gasteiger partial charge in [-0.05, 0) is 31.0 Å². The van der Waals surface area contributed by atoms with Crippen molar-refractivity contribution in [2.75, 3.05) is 5.32 Å². The van der Waals surface area contributed by atoms with Gasteiger partial charge in [-0.3, -0.25) is 4.79 Å². The van der Waals surface area contributed by atoms with Crippen LogP contribution in [0.25, 0.3) is 0 Å². The quantitative estimate of drug-likeness (QED) is 0.885. The van der Waals surface area contributed by atoms with Gasteiger partial charge in [-0.1, -0.05) is 11.6 Å². The lowest BCUT2D eigenvalue weighted by Gasteiger charge is -2.12. The number of halogens is 1. The highest BCUT2D eigenvalue weighted by atomic mass is 35.5. The van der Waals surface area contributed by atoms with Crippen molar-refractivity contribution < 1.29 is 19.4 Å². The molecule has 1 fully saturated rings. The van der Waals surface area contributed by atoms with Gasteiger partial charge < -0.3 is 15.2 Å². The highest BCUT2D eigenvalue weighted by Gasteiger charge is 2.34. The Labute approximate surface area is 119 Å². The predicted octanol–water partition coefficient (Wildman–Crippen LogP) is 1.78. The second-order valence-corrected chi connectivity index (χ2v) is 4.76. The third-order valence-electron chi connectivity index (χ3n) is 2.95. The number of aliphatic carboxylic acids is 1. The zero-order valence-corrected chi connectivity index (χ0v) is 11.1. The molecule has 6 nitrogen and oxygen atoms in total. The molecule has 1 aromatic carbocycles. The summed E-state index contributed by atoms with van der Waals surface area (Å²) in [6.45, 7) is 0. The van der Waals surface area contributed by atoms with E-state index in [0.29, 0.717) is 11.4 Å². The van der Waals surface area contributed by atoms with Gasteiger partial charge in [0.05, 0.1) is 11.3 Å². The topological polar surface area (TPSA) is 99.4 Å². The van der Waals surface area contributed by atoms with Crippen LogP contribution in [-0.4, -0.2) is 29.2 Å². The molecule has 1 heterocycles. The average Bonchev–Trinajstić information content (AvgIpc) is 2.89. The Morgan fingerprint density at radius 1 is 1.40 bits per heavy atom. The van der Waals surface area contributed by atoms with Crippen LogP contribution in [0.15, 0.2) is 18.2 Å². The number of nitrogens with zero attached hydrogens (tertiary/aromatic N) is 1. The Hall–Kier alpha value is -2.10. The molecule has 2 N–H and O–H groups in total. The summed E-state index contributed by atoms with van der Waals surface area (Å²) in [5.74, 6) is -1.56. The third kappa shape index (κ3) is 3.07. The van der Waals surface area contributed by atoms with Crippen molar-refractivity contribution >= 4 is 29.2 Å². The number of anilines is 1. The van der Waals surface area contributed by atoms with E-state index in [1.807, 2.05) is 6.07 Å². The molecule has 2 rings (SSSR count). The summed E-state index contributed by atoms with van der Waals surface area (Å²) in [7, 11) is 0. The summed E-state index contributed by atoms with van der Waals surface area (Å²) in [4.78, 5) is 22.7. The lowest BCUT2D eigenvalue weighted by Crippen LogP contribution is -2.30. The van der Waals surface area contributed by atoms with Gasteiger partial charge in [0.15, 0.2) is 6.10 Å². The van der Waals surface area contributed by atoms with E-state index in [1.54, 1.807) is 6.07 Å². The van der Waals surface area contributed by atoms with Crippen LogP contribution < -0.4 is 5.32 Å². The highest BCUT2D eigenvalue weighted by Crippen LogP contribution is 2.24. The maximum absolute atomic E-state index is 12.0. The monoisotopic (exact) mass is 294 g/mol. The lowest BCUT2D eigenvalue weighted by atomic mass is 10.1. The minimum atomic E-state index is -1.08. The lowest BCUT2D eigenvalue weighted by molar-refractivity contribution is -0.150. The van der Waals surface area contributed by atoms with Crippen molar-refractivity contribution in [3.05, 3.63) is 28.8 Å². The number of carbonyl (C=O) groups is 2. The molecule has 0 bridgehead atoms. The SMILES string of the molecule is N#Cc1ccc(Cl)cc1NC(=O)C1CCC(C(=O)O)O1. The minimum Gasteiger partial charge on any atom is -0.479 e. The van der Waals surface area contributed by atoms with Crippen molar-refractivity contribution in [3.8, 4) is 6.07 Å². The van der Waals surface area contributed by atoms with Crippen molar-refractivity contribution in [3.63, 3.8) is 0 Å². The number of amides is 1. The van der Waals surface area contributed by atoms with Gasteiger partial charge in [-0.25, -0.2) is 4.79 Å². The van der Waals surface area contributed by atoms with E-state index in [1.165, 1.54) is 12.1 Å². The average molecular weight is 295 g/mol. The zero-order chi connectivity index (χ0) is 14.7. The Morgan fingerprint density at radius 3 is 2.70 bits per heavy atom. The number of hydrogen-bond acceptors (Lipinski definition) is 4.